The molecule has 0 radical (unpaired) electrons. The highest BCUT2D eigenvalue weighted by molar-refractivity contribution is 9.10. The zero-order valence-corrected chi connectivity index (χ0v) is 20.6. The van der Waals surface area contributed by atoms with Gasteiger partial charge in [-0.15, -0.1) is 0 Å². The molecule has 0 fully saturated rings. The summed E-state index contributed by atoms with van der Waals surface area (Å²) in [6, 6.07) is 11.3. The molecule has 0 unspecified atom stereocenters. The standard InChI is InChI=1S/C22H27BrFN3O4S/c1-4-20(22(29)25-5-2)26(14-16-6-10-18(24)11-7-16)21(28)15-27(32(3,30)31)19-12-8-17(23)9-13-19/h6-13,20H,4-5,14-15H2,1-3H3,(H,25,29)/t20-/m0/s1. The van der Waals surface area contributed by atoms with Crippen molar-refractivity contribution < 1.29 is 22.4 Å². The van der Waals surface area contributed by atoms with Crippen molar-refractivity contribution in [2.45, 2.75) is 32.9 Å². The lowest BCUT2D eigenvalue weighted by atomic mass is 10.1. The van der Waals surface area contributed by atoms with Crippen LogP contribution in [0.3, 0.4) is 0 Å². The Morgan fingerprint density at radius 2 is 1.66 bits per heavy atom. The Hall–Kier alpha value is -2.46. The average Bonchev–Trinajstić information content (AvgIpc) is 2.73. The number of likely N-dealkylation sites (N-methyl/N-ethyl adjacent to an activating group) is 1. The normalized spacial score (nSPS) is 12.2. The van der Waals surface area contributed by atoms with Gasteiger partial charge in [0.05, 0.1) is 11.9 Å². The highest BCUT2D eigenvalue weighted by Gasteiger charge is 2.31. The van der Waals surface area contributed by atoms with E-state index in [1.165, 1.54) is 29.2 Å². The van der Waals surface area contributed by atoms with Gasteiger partial charge in [0.1, 0.15) is 18.4 Å². The van der Waals surface area contributed by atoms with E-state index in [-0.39, 0.29) is 12.5 Å². The quantitative estimate of drug-likeness (QED) is 0.513. The molecule has 0 saturated heterocycles. The maximum Gasteiger partial charge on any atom is 0.244 e. The van der Waals surface area contributed by atoms with Crippen LogP contribution in [0.25, 0.3) is 0 Å². The van der Waals surface area contributed by atoms with Crippen molar-refractivity contribution in [1.82, 2.24) is 10.2 Å². The lowest BCUT2D eigenvalue weighted by Gasteiger charge is -2.32. The number of carbonyl (C=O) groups is 2. The third-order valence-corrected chi connectivity index (χ3v) is 6.47. The molecule has 0 aromatic heterocycles. The average molecular weight is 528 g/mol. The number of benzene rings is 2. The van der Waals surface area contributed by atoms with Crippen molar-refractivity contribution in [2.75, 3.05) is 23.7 Å². The molecule has 0 aliphatic carbocycles. The van der Waals surface area contributed by atoms with Crippen LogP contribution in [0, 0.1) is 5.82 Å². The van der Waals surface area contributed by atoms with Gasteiger partial charge >= 0.3 is 0 Å². The minimum atomic E-state index is -3.78. The molecule has 0 aliphatic rings. The molecule has 2 rings (SSSR count). The largest absolute Gasteiger partial charge is 0.355 e. The maximum atomic E-state index is 13.4. The molecule has 10 heteroatoms. The first-order valence-corrected chi connectivity index (χ1v) is 12.8. The Balaban J connectivity index is 2.40. The van der Waals surface area contributed by atoms with Crippen molar-refractivity contribution in [3.8, 4) is 0 Å². The first-order chi connectivity index (χ1) is 15.1. The number of nitrogens with zero attached hydrogens (tertiary/aromatic N) is 2. The summed E-state index contributed by atoms with van der Waals surface area (Å²) >= 11 is 3.31. The SMILES string of the molecule is CCNC(=O)[C@H](CC)N(Cc1ccc(F)cc1)C(=O)CN(c1ccc(Br)cc1)S(C)(=O)=O. The zero-order chi connectivity index (χ0) is 23.9. The lowest BCUT2D eigenvalue weighted by molar-refractivity contribution is -0.140. The third-order valence-electron chi connectivity index (χ3n) is 4.80. The second kappa shape index (κ2) is 11.4. The highest BCUT2D eigenvalue weighted by Crippen LogP contribution is 2.22. The number of anilines is 1. The van der Waals surface area contributed by atoms with Gasteiger partial charge in [0.25, 0.3) is 0 Å². The van der Waals surface area contributed by atoms with Crippen molar-refractivity contribution in [3.05, 3.63) is 64.4 Å². The van der Waals surface area contributed by atoms with Gasteiger partial charge in [0, 0.05) is 17.6 Å². The van der Waals surface area contributed by atoms with Crippen LogP contribution in [0.2, 0.25) is 0 Å². The van der Waals surface area contributed by atoms with Crippen molar-refractivity contribution in [2.24, 2.45) is 0 Å². The van der Waals surface area contributed by atoms with E-state index < -0.39 is 34.3 Å². The van der Waals surface area contributed by atoms with Crippen LogP contribution >= 0.6 is 15.9 Å². The van der Waals surface area contributed by atoms with E-state index in [2.05, 4.69) is 21.2 Å². The summed E-state index contributed by atoms with van der Waals surface area (Å²) in [5.74, 6) is -1.29. The number of hydrogen-bond donors (Lipinski definition) is 1. The number of nitrogens with one attached hydrogen (secondary N) is 1. The number of sulfonamides is 1. The number of amides is 2. The molecule has 1 atom stereocenters. The summed E-state index contributed by atoms with van der Waals surface area (Å²) in [5.41, 5.74) is 0.953. The topological polar surface area (TPSA) is 86.8 Å². The van der Waals surface area contributed by atoms with Gasteiger partial charge in [-0.1, -0.05) is 35.0 Å². The van der Waals surface area contributed by atoms with Crippen LogP contribution < -0.4 is 9.62 Å². The molecule has 32 heavy (non-hydrogen) atoms. The second-order valence-electron chi connectivity index (χ2n) is 7.21. The van der Waals surface area contributed by atoms with Crippen molar-refractivity contribution in [3.63, 3.8) is 0 Å². The fraction of sp³-hybridized carbons (Fsp3) is 0.364. The summed E-state index contributed by atoms with van der Waals surface area (Å²) in [4.78, 5) is 27.4. The Bertz CT molecular complexity index is 1030. The number of halogens is 2. The van der Waals surface area contributed by atoms with Crippen molar-refractivity contribution in [1.29, 1.82) is 0 Å². The third kappa shape index (κ3) is 7.03. The van der Waals surface area contributed by atoms with Gasteiger partial charge in [-0.2, -0.15) is 0 Å². The molecule has 7 nitrogen and oxygen atoms in total. The molecule has 2 amide bonds. The van der Waals surface area contributed by atoms with Crippen LogP contribution in [0.5, 0.6) is 0 Å². The Kier molecular flexibility index (Phi) is 9.21. The maximum absolute atomic E-state index is 13.4. The smallest absolute Gasteiger partial charge is 0.244 e. The summed E-state index contributed by atoms with van der Waals surface area (Å²) in [5, 5.41) is 2.72. The van der Waals surface area contributed by atoms with Gasteiger partial charge in [-0.3, -0.25) is 13.9 Å². The van der Waals surface area contributed by atoms with E-state index in [4.69, 9.17) is 0 Å². The molecular weight excluding hydrogens is 501 g/mol. The molecule has 1 N–H and O–H groups in total. The minimum absolute atomic E-state index is 0.0344. The van der Waals surface area contributed by atoms with Crippen LogP contribution in [0.4, 0.5) is 10.1 Å². The fourth-order valence-corrected chi connectivity index (χ4v) is 4.33. The molecule has 2 aromatic carbocycles. The Morgan fingerprint density at radius 3 is 2.16 bits per heavy atom. The Morgan fingerprint density at radius 1 is 1.06 bits per heavy atom. The van der Waals surface area contributed by atoms with E-state index in [0.717, 1.165) is 15.0 Å². The summed E-state index contributed by atoms with van der Waals surface area (Å²) < 4.78 is 40.0. The van der Waals surface area contributed by atoms with Crippen molar-refractivity contribution >= 4 is 43.5 Å². The molecule has 2 aromatic rings. The summed E-state index contributed by atoms with van der Waals surface area (Å²) in [6.45, 7) is 3.50. The van der Waals surface area contributed by atoms with Gasteiger partial charge < -0.3 is 10.2 Å². The van der Waals surface area contributed by atoms with E-state index in [9.17, 15) is 22.4 Å². The highest BCUT2D eigenvalue weighted by atomic mass is 79.9. The predicted molar refractivity (Wildman–Crippen MR) is 126 cm³/mol. The van der Waals surface area contributed by atoms with E-state index >= 15 is 0 Å². The predicted octanol–water partition coefficient (Wildman–Crippen LogP) is 3.30. The van der Waals surface area contributed by atoms with Gasteiger partial charge in [-0.05, 0) is 55.3 Å². The number of rotatable bonds is 10. The monoisotopic (exact) mass is 527 g/mol. The van der Waals surface area contributed by atoms with Crippen LogP contribution in [0.1, 0.15) is 25.8 Å². The fourth-order valence-electron chi connectivity index (χ4n) is 3.22. The Labute approximate surface area is 196 Å². The molecule has 174 valence electrons. The van der Waals surface area contributed by atoms with Crippen LogP contribution in [-0.4, -0.2) is 50.5 Å². The first kappa shape index (κ1) is 25.8. The zero-order valence-electron chi connectivity index (χ0n) is 18.2. The van der Waals surface area contributed by atoms with E-state index in [0.29, 0.717) is 24.2 Å². The second-order valence-corrected chi connectivity index (χ2v) is 10.0. The minimum Gasteiger partial charge on any atom is -0.355 e. The van der Waals surface area contributed by atoms with E-state index in [1.807, 2.05) is 0 Å². The van der Waals surface area contributed by atoms with Gasteiger partial charge in [0.2, 0.25) is 21.8 Å². The summed E-state index contributed by atoms with van der Waals surface area (Å²) in [6.07, 6.45) is 1.35. The number of carbonyl (C=O) groups excluding carboxylic acids is 2. The molecule has 0 heterocycles. The molecular formula is C22H27BrFN3O4S. The van der Waals surface area contributed by atoms with E-state index in [1.54, 1.807) is 38.1 Å². The lowest BCUT2D eigenvalue weighted by Crippen LogP contribution is -2.52. The molecule has 0 aliphatic heterocycles. The molecule has 0 bridgehead atoms. The van der Waals surface area contributed by atoms with Gasteiger partial charge in [0.15, 0.2) is 0 Å². The molecule has 0 spiro atoms. The summed E-state index contributed by atoms with van der Waals surface area (Å²) in [7, 11) is -3.78. The molecule has 0 saturated carbocycles. The van der Waals surface area contributed by atoms with Crippen LogP contribution in [0.15, 0.2) is 53.0 Å². The number of hydrogen-bond acceptors (Lipinski definition) is 4. The van der Waals surface area contributed by atoms with Gasteiger partial charge in [-0.25, -0.2) is 12.8 Å². The van der Waals surface area contributed by atoms with Crippen LogP contribution in [-0.2, 0) is 26.2 Å². The first-order valence-electron chi connectivity index (χ1n) is 10.1.